The van der Waals surface area contributed by atoms with Crippen molar-refractivity contribution in [3.8, 4) is 0 Å². The Bertz CT molecular complexity index is 615. The molecule has 0 aliphatic carbocycles. The van der Waals surface area contributed by atoms with Gasteiger partial charge in [-0.05, 0) is 6.07 Å². The monoisotopic (exact) mass is 283 g/mol. The number of thiazole rings is 1. The number of nitrogen functional groups attached to an aromatic ring is 1. The van der Waals surface area contributed by atoms with E-state index in [9.17, 15) is 13.6 Å². The summed E-state index contributed by atoms with van der Waals surface area (Å²) in [6.07, 6.45) is 0. The van der Waals surface area contributed by atoms with E-state index in [1.165, 1.54) is 23.4 Å². The van der Waals surface area contributed by atoms with E-state index in [4.69, 9.17) is 5.73 Å². The van der Waals surface area contributed by atoms with Crippen LogP contribution in [0.2, 0.25) is 0 Å². The van der Waals surface area contributed by atoms with Crippen molar-refractivity contribution in [1.82, 2.24) is 9.88 Å². The van der Waals surface area contributed by atoms with Crippen LogP contribution in [0.3, 0.4) is 0 Å². The summed E-state index contributed by atoms with van der Waals surface area (Å²) in [5.74, 6) is -1.70. The van der Waals surface area contributed by atoms with Crippen LogP contribution < -0.4 is 5.73 Å². The van der Waals surface area contributed by atoms with Gasteiger partial charge in [-0.25, -0.2) is 13.8 Å². The molecule has 2 aromatic rings. The summed E-state index contributed by atoms with van der Waals surface area (Å²) in [6.45, 7) is 0.0301. The number of carbonyl (C=O) groups excluding carboxylic acids is 1. The molecule has 19 heavy (non-hydrogen) atoms. The van der Waals surface area contributed by atoms with Crippen LogP contribution in [-0.2, 0) is 6.54 Å². The summed E-state index contributed by atoms with van der Waals surface area (Å²) in [5.41, 5.74) is 5.90. The molecule has 7 heteroatoms. The Balaban J connectivity index is 2.12. The van der Waals surface area contributed by atoms with Gasteiger partial charge in [-0.2, -0.15) is 0 Å². The molecule has 100 valence electrons. The lowest BCUT2D eigenvalue weighted by atomic mass is 10.2. The number of hydrogen-bond acceptors (Lipinski definition) is 4. The highest BCUT2D eigenvalue weighted by Crippen LogP contribution is 2.15. The second-order valence-corrected chi connectivity index (χ2v) is 4.86. The zero-order valence-corrected chi connectivity index (χ0v) is 10.9. The number of halogens is 2. The lowest BCUT2D eigenvalue weighted by Crippen LogP contribution is -2.27. The average Bonchev–Trinajstić information content (AvgIpc) is 2.78. The van der Waals surface area contributed by atoms with Crippen LogP contribution in [0.4, 0.5) is 13.9 Å². The first kappa shape index (κ1) is 13.4. The maximum absolute atomic E-state index is 13.5. The van der Waals surface area contributed by atoms with Crippen LogP contribution in [0.15, 0.2) is 23.6 Å². The summed E-state index contributed by atoms with van der Waals surface area (Å²) < 4.78 is 26.2. The highest BCUT2D eigenvalue weighted by atomic mass is 32.1. The third kappa shape index (κ3) is 3.05. The number of carbonyl (C=O) groups is 1. The Labute approximate surface area is 112 Å². The molecule has 4 nitrogen and oxygen atoms in total. The number of nitrogens with two attached hydrogens (primary N) is 1. The lowest BCUT2D eigenvalue weighted by molar-refractivity contribution is 0.0779. The second kappa shape index (κ2) is 5.31. The van der Waals surface area contributed by atoms with Crippen molar-refractivity contribution in [3.05, 3.63) is 46.5 Å². The van der Waals surface area contributed by atoms with Crippen LogP contribution in [0, 0.1) is 11.6 Å². The number of aromatic nitrogens is 1. The van der Waals surface area contributed by atoms with Gasteiger partial charge in [-0.1, -0.05) is 6.07 Å². The normalized spacial score (nSPS) is 10.5. The number of anilines is 1. The fourth-order valence-electron chi connectivity index (χ4n) is 1.56. The third-order valence-corrected chi connectivity index (χ3v) is 3.18. The smallest absolute Gasteiger partial charge is 0.273 e. The van der Waals surface area contributed by atoms with Crippen LogP contribution >= 0.6 is 11.3 Å². The van der Waals surface area contributed by atoms with Gasteiger partial charge in [0, 0.05) is 30.6 Å². The van der Waals surface area contributed by atoms with E-state index >= 15 is 0 Å². The van der Waals surface area contributed by atoms with Gasteiger partial charge in [-0.3, -0.25) is 4.79 Å². The molecule has 1 heterocycles. The van der Waals surface area contributed by atoms with Gasteiger partial charge in [-0.15, -0.1) is 11.3 Å². The van der Waals surface area contributed by atoms with E-state index in [1.54, 1.807) is 0 Å². The van der Waals surface area contributed by atoms with Crippen LogP contribution in [0.1, 0.15) is 16.1 Å². The Morgan fingerprint density at radius 2 is 2.21 bits per heavy atom. The molecular formula is C12H11F2N3OS. The summed E-state index contributed by atoms with van der Waals surface area (Å²) in [7, 11) is 1.51. The Kier molecular flexibility index (Phi) is 3.75. The molecule has 0 unspecified atom stereocenters. The lowest BCUT2D eigenvalue weighted by Gasteiger charge is -2.16. The van der Waals surface area contributed by atoms with Gasteiger partial charge < -0.3 is 10.6 Å². The maximum Gasteiger partial charge on any atom is 0.273 e. The fourth-order valence-corrected chi connectivity index (χ4v) is 2.10. The van der Waals surface area contributed by atoms with Crippen molar-refractivity contribution >= 4 is 22.4 Å². The Morgan fingerprint density at radius 1 is 1.47 bits per heavy atom. The molecule has 2 N–H and O–H groups in total. The van der Waals surface area contributed by atoms with Gasteiger partial charge in [0.05, 0.1) is 0 Å². The fraction of sp³-hybridized carbons (Fsp3) is 0.167. The van der Waals surface area contributed by atoms with Crippen molar-refractivity contribution in [2.45, 2.75) is 6.54 Å². The first-order valence-electron chi connectivity index (χ1n) is 5.38. The van der Waals surface area contributed by atoms with Gasteiger partial charge in [0.15, 0.2) is 5.13 Å². The number of rotatable bonds is 3. The quantitative estimate of drug-likeness (QED) is 0.940. The number of benzene rings is 1. The topological polar surface area (TPSA) is 59.2 Å². The molecule has 0 aliphatic heterocycles. The standard InChI is InChI=1S/C12H11F2N3OS/c1-17(11(18)10-6-19-12(15)16-10)5-7-2-3-8(13)4-9(7)14/h2-4,6H,5H2,1H3,(H2,15,16). The van der Waals surface area contributed by atoms with Crippen LogP contribution in [0.5, 0.6) is 0 Å². The molecule has 0 fully saturated rings. The van der Waals surface area contributed by atoms with E-state index in [0.717, 1.165) is 23.5 Å². The van der Waals surface area contributed by atoms with Gasteiger partial charge in [0.25, 0.3) is 5.91 Å². The van der Waals surface area contributed by atoms with Crippen molar-refractivity contribution in [3.63, 3.8) is 0 Å². The number of nitrogens with zero attached hydrogens (tertiary/aromatic N) is 2. The van der Waals surface area contributed by atoms with Gasteiger partial charge in [0.2, 0.25) is 0 Å². The van der Waals surface area contributed by atoms with E-state index in [1.807, 2.05) is 0 Å². The van der Waals surface area contributed by atoms with Crippen LogP contribution in [0.25, 0.3) is 0 Å². The summed E-state index contributed by atoms with van der Waals surface area (Å²) in [6, 6.07) is 3.25. The van der Waals surface area contributed by atoms with Gasteiger partial charge in [0.1, 0.15) is 17.3 Å². The molecule has 0 aliphatic rings. The predicted octanol–water partition coefficient (Wildman–Crippen LogP) is 2.28. The summed E-state index contributed by atoms with van der Waals surface area (Å²) in [4.78, 5) is 17.1. The zero-order chi connectivity index (χ0) is 14.0. The summed E-state index contributed by atoms with van der Waals surface area (Å²) >= 11 is 1.16. The minimum absolute atomic E-state index is 0.0301. The largest absolute Gasteiger partial charge is 0.375 e. The molecule has 0 saturated carbocycles. The van der Waals surface area contributed by atoms with Crippen LogP contribution in [-0.4, -0.2) is 22.8 Å². The average molecular weight is 283 g/mol. The minimum Gasteiger partial charge on any atom is -0.375 e. The Morgan fingerprint density at radius 3 is 2.79 bits per heavy atom. The molecule has 1 amide bonds. The molecule has 0 radical (unpaired) electrons. The van der Waals surface area contributed by atoms with Crippen molar-refractivity contribution < 1.29 is 13.6 Å². The van der Waals surface area contributed by atoms with E-state index < -0.39 is 11.6 Å². The maximum atomic E-state index is 13.5. The molecule has 2 rings (SSSR count). The van der Waals surface area contributed by atoms with E-state index in [2.05, 4.69) is 4.98 Å². The van der Waals surface area contributed by atoms with Crippen molar-refractivity contribution in [1.29, 1.82) is 0 Å². The third-order valence-electron chi connectivity index (χ3n) is 2.51. The van der Waals surface area contributed by atoms with Crippen molar-refractivity contribution in [2.75, 3.05) is 12.8 Å². The highest BCUT2D eigenvalue weighted by molar-refractivity contribution is 7.13. The van der Waals surface area contributed by atoms with Gasteiger partial charge >= 0.3 is 0 Å². The molecule has 0 atom stereocenters. The predicted molar refractivity (Wildman–Crippen MR) is 68.7 cm³/mol. The minimum atomic E-state index is -0.683. The van der Waals surface area contributed by atoms with E-state index in [-0.39, 0.29) is 23.7 Å². The number of amides is 1. The second-order valence-electron chi connectivity index (χ2n) is 3.97. The first-order valence-corrected chi connectivity index (χ1v) is 6.25. The molecule has 1 aromatic carbocycles. The molecule has 1 aromatic heterocycles. The molecular weight excluding hydrogens is 272 g/mol. The molecule has 0 saturated heterocycles. The summed E-state index contributed by atoms with van der Waals surface area (Å²) in [5, 5.41) is 1.83. The Hall–Kier alpha value is -2.02. The molecule has 0 spiro atoms. The number of hydrogen-bond donors (Lipinski definition) is 1. The van der Waals surface area contributed by atoms with E-state index in [0.29, 0.717) is 5.13 Å². The molecule has 0 bridgehead atoms. The SMILES string of the molecule is CN(Cc1ccc(F)cc1F)C(=O)c1csc(N)n1. The van der Waals surface area contributed by atoms with Crippen molar-refractivity contribution in [2.24, 2.45) is 0 Å². The highest BCUT2D eigenvalue weighted by Gasteiger charge is 2.16. The first-order chi connectivity index (χ1) is 8.97. The zero-order valence-electron chi connectivity index (χ0n) is 10.1.